The first kappa shape index (κ1) is 22.1. The van der Waals surface area contributed by atoms with Crippen molar-refractivity contribution in [2.24, 2.45) is 5.92 Å². The van der Waals surface area contributed by atoms with Crippen LogP contribution < -0.4 is 10.6 Å². The molecule has 1 atom stereocenters. The highest BCUT2D eigenvalue weighted by Gasteiger charge is 2.21. The fourth-order valence-corrected chi connectivity index (χ4v) is 4.42. The van der Waals surface area contributed by atoms with E-state index >= 15 is 0 Å². The van der Waals surface area contributed by atoms with Crippen LogP contribution in [0.4, 0.5) is 11.5 Å². The average molecular weight is 456 g/mol. The van der Waals surface area contributed by atoms with E-state index in [1.54, 1.807) is 6.20 Å². The summed E-state index contributed by atoms with van der Waals surface area (Å²) in [5.74, 6) is 1.39. The molecule has 1 saturated carbocycles. The van der Waals surface area contributed by atoms with Crippen LogP contribution in [0.5, 0.6) is 0 Å². The molecule has 7 nitrogen and oxygen atoms in total. The Labute approximate surface area is 198 Å². The molecule has 2 aromatic carbocycles. The SMILES string of the molecule is Cc1ccc(C(O)Nc2ccc(-c3nc4cc(NC(=O)C5CCCCC5)ncc4[nH]3)cc2)cc1. The maximum Gasteiger partial charge on any atom is 0.228 e. The molecule has 2 aromatic heterocycles. The van der Waals surface area contributed by atoms with Crippen molar-refractivity contribution in [2.75, 3.05) is 10.6 Å². The van der Waals surface area contributed by atoms with Crippen LogP contribution in [0.2, 0.25) is 0 Å². The molecule has 34 heavy (non-hydrogen) atoms. The van der Waals surface area contributed by atoms with Gasteiger partial charge in [0, 0.05) is 28.8 Å². The van der Waals surface area contributed by atoms with Gasteiger partial charge >= 0.3 is 0 Å². The Morgan fingerprint density at radius 1 is 1.06 bits per heavy atom. The number of aromatic nitrogens is 3. The van der Waals surface area contributed by atoms with E-state index in [4.69, 9.17) is 4.98 Å². The van der Waals surface area contributed by atoms with Gasteiger partial charge in [-0.15, -0.1) is 0 Å². The topological polar surface area (TPSA) is 103 Å². The van der Waals surface area contributed by atoms with Crippen LogP contribution in [0.1, 0.15) is 49.5 Å². The molecule has 5 rings (SSSR count). The lowest BCUT2D eigenvalue weighted by molar-refractivity contribution is -0.120. The number of aliphatic hydroxyl groups is 1. The Morgan fingerprint density at radius 3 is 2.53 bits per heavy atom. The van der Waals surface area contributed by atoms with Crippen LogP contribution in [0.25, 0.3) is 22.4 Å². The van der Waals surface area contributed by atoms with Gasteiger partial charge in [0.25, 0.3) is 0 Å². The zero-order valence-electron chi connectivity index (χ0n) is 19.2. The number of aliphatic hydroxyl groups excluding tert-OH is 1. The molecule has 0 saturated heterocycles. The molecule has 1 amide bonds. The smallest absolute Gasteiger partial charge is 0.228 e. The van der Waals surface area contributed by atoms with Crippen molar-refractivity contribution in [1.82, 2.24) is 15.0 Å². The summed E-state index contributed by atoms with van der Waals surface area (Å²) >= 11 is 0. The summed E-state index contributed by atoms with van der Waals surface area (Å²) in [5.41, 5.74) is 5.25. The van der Waals surface area contributed by atoms with Gasteiger partial charge in [0.1, 0.15) is 11.6 Å². The van der Waals surface area contributed by atoms with Crippen molar-refractivity contribution in [3.05, 3.63) is 71.9 Å². The van der Waals surface area contributed by atoms with Crippen molar-refractivity contribution in [2.45, 2.75) is 45.3 Å². The van der Waals surface area contributed by atoms with E-state index in [-0.39, 0.29) is 11.8 Å². The fourth-order valence-electron chi connectivity index (χ4n) is 4.42. The zero-order chi connectivity index (χ0) is 23.5. The van der Waals surface area contributed by atoms with E-state index in [1.165, 1.54) is 6.42 Å². The highest BCUT2D eigenvalue weighted by atomic mass is 16.3. The van der Waals surface area contributed by atoms with Crippen LogP contribution in [0, 0.1) is 12.8 Å². The lowest BCUT2D eigenvalue weighted by Crippen LogP contribution is -2.25. The van der Waals surface area contributed by atoms with Gasteiger partial charge in [-0.25, -0.2) is 9.97 Å². The summed E-state index contributed by atoms with van der Waals surface area (Å²) < 4.78 is 0. The molecule has 7 heteroatoms. The largest absolute Gasteiger partial charge is 0.369 e. The van der Waals surface area contributed by atoms with Crippen molar-refractivity contribution >= 4 is 28.4 Å². The van der Waals surface area contributed by atoms with Gasteiger partial charge in [0.2, 0.25) is 5.91 Å². The van der Waals surface area contributed by atoms with Gasteiger partial charge in [-0.2, -0.15) is 0 Å². The first-order valence-electron chi connectivity index (χ1n) is 11.8. The Hall–Kier alpha value is -3.71. The monoisotopic (exact) mass is 455 g/mol. The number of carbonyl (C=O) groups excluding carboxylic acids is 1. The molecule has 174 valence electrons. The van der Waals surface area contributed by atoms with Gasteiger partial charge in [-0.3, -0.25) is 4.79 Å². The number of fused-ring (bicyclic) bond motifs is 1. The number of nitrogens with one attached hydrogen (secondary N) is 3. The van der Waals surface area contributed by atoms with E-state index in [9.17, 15) is 9.90 Å². The number of aryl methyl sites for hydroxylation is 1. The highest BCUT2D eigenvalue weighted by molar-refractivity contribution is 5.93. The van der Waals surface area contributed by atoms with Gasteiger partial charge in [0.15, 0.2) is 6.23 Å². The van der Waals surface area contributed by atoms with Gasteiger partial charge in [0.05, 0.1) is 17.2 Å². The van der Waals surface area contributed by atoms with Gasteiger partial charge < -0.3 is 20.7 Å². The molecule has 4 aromatic rings. The summed E-state index contributed by atoms with van der Waals surface area (Å²) in [5, 5.41) is 16.5. The second-order valence-corrected chi connectivity index (χ2v) is 9.03. The number of amides is 1. The van der Waals surface area contributed by atoms with Crippen LogP contribution in [0.15, 0.2) is 60.8 Å². The van der Waals surface area contributed by atoms with Crippen molar-refractivity contribution < 1.29 is 9.90 Å². The number of hydrogen-bond acceptors (Lipinski definition) is 5. The minimum Gasteiger partial charge on any atom is -0.369 e. The lowest BCUT2D eigenvalue weighted by atomic mass is 9.89. The number of benzene rings is 2. The molecule has 0 aliphatic heterocycles. The third-order valence-corrected chi connectivity index (χ3v) is 6.45. The summed E-state index contributed by atoms with van der Waals surface area (Å²) in [6.45, 7) is 2.02. The number of nitrogens with zero attached hydrogens (tertiary/aromatic N) is 2. The summed E-state index contributed by atoms with van der Waals surface area (Å²) in [7, 11) is 0. The van der Waals surface area contributed by atoms with E-state index in [0.29, 0.717) is 5.82 Å². The van der Waals surface area contributed by atoms with E-state index in [2.05, 4.69) is 20.6 Å². The summed E-state index contributed by atoms with van der Waals surface area (Å²) in [4.78, 5) is 24.9. The number of carbonyl (C=O) groups is 1. The number of rotatable bonds is 6. The molecule has 4 N–H and O–H groups in total. The van der Waals surface area contributed by atoms with Gasteiger partial charge in [-0.1, -0.05) is 49.1 Å². The first-order valence-corrected chi connectivity index (χ1v) is 11.8. The van der Waals surface area contributed by atoms with Crippen molar-refractivity contribution in [1.29, 1.82) is 0 Å². The predicted molar refractivity (Wildman–Crippen MR) is 134 cm³/mol. The third-order valence-electron chi connectivity index (χ3n) is 6.45. The summed E-state index contributed by atoms with van der Waals surface area (Å²) in [6.07, 6.45) is 6.27. The Kier molecular flexibility index (Phi) is 6.27. The Bertz CT molecular complexity index is 1270. The highest BCUT2D eigenvalue weighted by Crippen LogP contribution is 2.27. The molecule has 1 aliphatic carbocycles. The first-order chi connectivity index (χ1) is 16.5. The molecular weight excluding hydrogens is 426 g/mol. The molecule has 1 aliphatic rings. The number of anilines is 2. The molecule has 1 unspecified atom stereocenters. The third kappa shape index (κ3) is 4.94. The maximum atomic E-state index is 12.5. The van der Waals surface area contributed by atoms with Crippen LogP contribution >= 0.6 is 0 Å². The minimum absolute atomic E-state index is 0.0539. The van der Waals surface area contributed by atoms with Crippen molar-refractivity contribution in [3.63, 3.8) is 0 Å². The van der Waals surface area contributed by atoms with E-state index in [0.717, 1.165) is 64.9 Å². The predicted octanol–water partition coefficient (Wildman–Crippen LogP) is 5.56. The molecular formula is C27H29N5O2. The zero-order valence-corrected chi connectivity index (χ0v) is 19.2. The molecule has 0 radical (unpaired) electrons. The standard InChI is InChI=1S/C27H29N5O2/c1-17-7-9-20(10-8-17)26(33)29-21-13-11-18(12-14-21)25-30-22-15-24(28-16-23(22)31-25)32-27(34)19-5-3-2-4-6-19/h7-16,19,26,29,33H,2-6H2,1H3,(H,30,31)(H,28,32,34). The number of H-pyrrole nitrogens is 1. The molecule has 0 spiro atoms. The molecule has 0 bridgehead atoms. The Balaban J connectivity index is 1.27. The van der Waals surface area contributed by atoms with Crippen molar-refractivity contribution in [3.8, 4) is 11.4 Å². The molecule has 2 heterocycles. The number of hydrogen-bond donors (Lipinski definition) is 4. The average Bonchev–Trinajstić information content (AvgIpc) is 3.29. The quantitative estimate of drug-likeness (QED) is 0.285. The van der Waals surface area contributed by atoms with E-state index < -0.39 is 6.23 Å². The number of aromatic amines is 1. The lowest BCUT2D eigenvalue weighted by Gasteiger charge is -2.20. The van der Waals surface area contributed by atoms with E-state index in [1.807, 2.05) is 61.5 Å². The number of pyridine rings is 1. The van der Waals surface area contributed by atoms with Crippen LogP contribution in [0.3, 0.4) is 0 Å². The normalized spacial score (nSPS) is 15.2. The van der Waals surface area contributed by atoms with Crippen LogP contribution in [-0.2, 0) is 4.79 Å². The second kappa shape index (κ2) is 9.65. The second-order valence-electron chi connectivity index (χ2n) is 9.03. The van der Waals surface area contributed by atoms with Gasteiger partial charge in [-0.05, 0) is 44.0 Å². The van der Waals surface area contributed by atoms with Crippen LogP contribution in [-0.4, -0.2) is 26.0 Å². The number of imidazole rings is 1. The Morgan fingerprint density at radius 2 is 1.79 bits per heavy atom. The maximum absolute atomic E-state index is 12.5. The summed E-state index contributed by atoms with van der Waals surface area (Å²) in [6, 6.07) is 17.3. The minimum atomic E-state index is -0.786. The fraction of sp³-hybridized carbons (Fsp3) is 0.296. The molecule has 1 fully saturated rings.